The molecule has 184 valence electrons. The second kappa shape index (κ2) is 11.9. The predicted molar refractivity (Wildman–Crippen MR) is 145 cm³/mol. The first-order chi connectivity index (χ1) is 17.5. The number of anilines is 1. The van der Waals surface area contributed by atoms with E-state index in [4.69, 9.17) is 38.6 Å². The van der Waals surface area contributed by atoms with Gasteiger partial charge in [-0.15, -0.1) is 0 Å². The van der Waals surface area contributed by atoms with E-state index < -0.39 is 6.29 Å². The third-order valence-corrected chi connectivity index (χ3v) is 6.43. The molecule has 8 heteroatoms. The lowest BCUT2D eigenvalue weighted by Crippen LogP contribution is -2.41. The summed E-state index contributed by atoms with van der Waals surface area (Å²) < 4.78 is 12.5. The van der Waals surface area contributed by atoms with Gasteiger partial charge in [-0.25, -0.2) is 0 Å². The Morgan fingerprint density at radius 2 is 1.89 bits per heavy atom. The third-order valence-electron chi connectivity index (χ3n) is 5.86. The lowest BCUT2D eigenvalue weighted by atomic mass is 10.1. The maximum atomic E-state index is 12.7. The number of hydrogen-bond acceptors (Lipinski definition) is 5. The third kappa shape index (κ3) is 6.14. The van der Waals surface area contributed by atoms with Crippen molar-refractivity contribution in [2.24, 2.45) is 0 Å². The first-order valence-electron chi connectivity index (χ1n) is 11.8. The number of rotatable bonds is 8. The number of thiocarbonyl (C=S) groups is 1. The highest BCUT2D eigenvalue weighted by atomic mass is 35.5. The number of fused-ring (bicyclic) bond motifs is 1. The van der Waals surface area contributed by atoms with Crippen LogP contribution in [0.15, 0.2) is 66.7 Å². The largest absolute Gasteiger partial charge is 0.455 e. The van der Waals surface area contributed by atoms with Crippen LogP contribution in [0.25, 0.3) is 0 Å². The molecule has 0 bridgehead atoms. The number of unbranched alkanes of at least 4 members (excludes halogenated alkanes) is 1. The summed E-state index contributed by atoms with van der Waals surface area (Å²) in [6.45, 7) is 2.75. The van der Waals surface area contributed by atoms with Gasteiger partial charge in [-0.2, -0.15) is 5.26 Å². The molecule has 1 unspecified atom stereocenters. The Hall–Kier alpha value is -3.60. The lowest BCUT2D eigenvalue weighted by molar-refractivity contribution is -0.00265. The maximum Gasteiger partial charge on any atom is 0.257 e. The Labute approximate surface area is 221 Å². The summed E-state index contributed by atoms with van der Waals surface area (Å²) in [5, 5.41) is 12.7. The van der Waals surface area contributed by atoms with Crippen LogP contribution in [-0.4, -0.2) is 23.9 Å². The molecule has 6 nitrogen and oxygen atoms in total. The average molecular weight is 520 g/mol. The number of benzene rings is 3. The van der Waals surface area contributed by atoms with Gasteiger partial charge in [0, 0.05) is 29.1 Å². The summed E-state index contributed by atoms with van der Waals surface area (Å²) in [5.74, 6) is 1.12. The Kier molecular flexibility index (Phi) is 8.42. The number of nitrogens with zero attached hydrogens (tertiary/aromatic N) is 2. The molecule has 0 radical (unpaired) electrons. The Morgan fingerprint density at radius 1 is 1.14 bits per heavy atom. The number of carbonyl (C=O) groups excluding carboxylic acids is 1. The minimum Gasteiger partial charge on any atom is -0.455 e. The summed E-state index contributed by atoms with van der Waals surface area (Å²) in [6, 6.07) is 21.5. The van der Waals surface area contributed by atoms with Crippen LogP contribution in [0.4, 0.5) is 5.69 Å². The van der Waals surface area contributed by atoms with Gasteiger partial charge in [-0.1, -0.05) is 31.0 Å². The molecular formula is C28H26ClN3O3S. The van der Waals surface area contributed by atoms with Crippen LogP contribution in [-0.2, 0) is 6.42 Å². The zero-order valence-corrected chi connectivity index (χ0v) is 21.4. The average Bonchev–Trinajstić information content (AvgIpc) is 3.34. The molecule has 1 heterocycles. The van der Waals surface area contributed by atoms with Crippen molar-refractivity contribution in [2.45, 2.75) is 38.9 Å². The highest BCUT2D eigenvalue weighted by Gasteiger charge is 2.27. The number of hydrogen-bond donors (Lipinski definition) is 1. The molecule has 0 aromatic heterocycles. The van der Waals surface area contributed by atoms with E-state index in [0.717, 1.165) is 42.7 Å². The van der Waals surface area contributed by atoms with E-state index >= 15 is 0 Å². The van der Waals surface area contributed by atoms with Gasteiger partial charge in [-0.3, -0.25) is 10.1 Å². The number of amides is 1. The smallest absolute Gasteiger partial charge is 0.257 e. The molecule has 36 heavy (non-hydrogen) atoms. The summed E-state index contributed by atoms with van der Waals surface area (Å²) in [6.07, 6.45) is 3.00. The molecule has 0 fully saturated rings. The standard InChI is InChI=1S/C28H26ClN3O3S/c1-2-3-7-26(34-22-14-12-21(29)13-15-22)35-25-6-4-5-24-23(25)16-17-32(24)28(36)31-27(33)20-10-8-19(18-30)9-11-20/h4-6,8-15,26H,2-3,7,16-17H2,1H3,(H,31,33,36). The van der Waals surface area contributed by atoms with Crippen LogP contribution >= 0.6 is 23.8 Å². The zero-order valence-electron chi connectivity index (χ0n) is 19.9. The number of carbonyl (C=O) groups is 1. The fourth-order valence-electron chi connectivity index (χ4n) is 3.98. The van der Waals surface area contributed by atoms with E-state index in [0.29, 0.717) is 33.6 Å². The fraction of sp³-hybridized carbons (Fsp3) is 0.250. The van der Waals surface area contributed by atoms with Crippen molar-refractivity contribution in [1.29, 1.82) is 5.26 Å². The van der Waals surface area contributed by atoms with Gasteiger partial charge in [0.2, 0.25) is 6.29 Å². The number of ether oxygens (including phenoxy) is 2. The van der Waals surface area contributed by atoms with E-state index in [2.05, 4.69) is 12.2 Å². The topological polar surface area (TPSA) is 74.6 Å². The van der Waals surface area contributed by atoms with Gasteiger partial charge in [0.05, 0.1) is 17.3 Å². The first kappa shape index (κ1) is 25.5. The summed E-state index contributed by atoms with van der Waals surface area (Å²) in [5.41, 5.74) is 2.85. The summed E-state index contributed by atoms with van der Waals surface area (Å²) >= 11 is 11.6. The molecule has 0 spiro atoms. The van der Waals surface area contributed by atoms with Crippen LogP contribution < -0.4 is 19.7 Å². The molecule has 0 saturated carbocycles. The fourth-order valence-corrected chi connectivity index (χ4v) is 4.38. The van der Waals surface area contributed by atoms with E-state index in [1.807, 2.05) is 41.3 Å². The van der Waals surface area contributed by atoms with Crippen molar-refractivity contribution >= 4 is 40.5 Å². The van der Waals surface area contributed by atoms with Crippen molar-refractivity contribution in [2.75, 3.05) is 11.4 Å². The van der Waals surface area contributed by atoms with Gasteiger partial charge in [0.1, 0.15) is 11.5 Å². The molecule has 0 aliphatic carbocycles. The molecule has 0 saturated heterocycles. The Balaban J connectivity index is 1.47. The number of nitrogens with one attached hydrogen (secondary N) is 1. The van der Waals surface area contributed by atoms with Crippen LogP contribution in [0.5, 0.6) is 11.5 Å². The van der Waals surface area contributed by atoms with Gasteiger partial charge >= 0.3 is 0 Å². The van der Waals surface area contributed by atoms with Gasteiger partial charge in [0.25, 0.3) is 5.91 Å². The van der Waals surface area contributed by atoms with Crippen LogP contribution in [0.3, 0.4) is 0 Å². The summed E-state index contributed by atoms with van der Waals surface area (Å²) in [4.78, 5) is 14.6. The monoisotopic (exact) mass is 519 g/mol. The molecule has 1 aliphatic rings. The van der Waals surface area contributed by atoms with E-state index in [1.165, 1.54) is 0 Å². The minimum atomic E-state index is -0.449. The van der Waals surface area contributed by atoms with E-state index in [1.54, 1.807) is 36.4 Å². The van der Waals surface area contributed by atoms with Crippen LogP contribution in [0, 0.1) is 11.3 Å². The van der Waals surface area contributed by atoms with Crippen molar-refractivity contribution in [3.8, 4) is 17.6 Å². The number of nitriles is 1. The van der Waals surface area contributed by atoms with E-state index in [9.17, 15) is 4.79 Å². The molecule has 1 atom stereocenters. The van der Waals surface area contributed by atoms with Gasteiger partial charge in [0.15, 0.2) is 5.11 Å². The molecule has 1 N–H and O–H groups in total. The SMILES string of the molecule is CCCCC(Oc1ccc(Cl)cc1)Oc1cccc2c1CCN2C(=S)NC(=O)c1ccc(C#N)cc1. The highest BCUT2D eigenvalue weighted by molar-refractivity contribution is 7.80. The molecule has 3 aromatic carbocycles. The second-order valence-corrected chi connectivity index (χ2v) is 9.19. The first-order valence-corrected chi connectivity index (χ1v) is 12.6. The van der Waals surface area contributed by atoms with Gasteiger partial charge in [-0.05, 0) is 85.7 Å². The molecule has 3 aromatic rings. The van der Waals surface area contributed by atoms with Crippen LogP contribution in [0.2, 0.25) is 5.02 Å². The molecule has 4 rings (SSSR count). The van der Waals surface area contributed by atoms with Crippen molar-refractivity contribution in [1.82, 2.24) is 5.32 Å². The lowest BCUT2D eigenvalue weighted by Gasteiger charge is -2.23. The predicted octanol–water partition coefficient (Wildman–Crippen LogP) is 6.26. The van der Waals surface area contributed by atoms with Crippen LogP contribution in [0.1, 0.15) is 47.7 Å². The minimum absolute atomic E-state index is 0.318. The Morgan fingerprint density at radius 3 is 2.58 bits per heavy atom. The van der Waals surface area contributed by atoms with Gasteiger partial charge < -0.3 is 14.4 Å². The Bertz CT molecular complexity index is 1270. The number of halogens is 1. The second-order valence-electron chi connectivity index (χ2n) is 8.37. The zero-order chi connectivity index (χ0) is 25.5. The van der Waals surface area contributed by atoms with Crippen molar-refractivity contribution in [3.63, 3.8) is 0 Å². The summed E-state index contributed by atoms with van der Waals surface area (Å²) in [7, 11) is 0. The normalized spacial score (nSPS) is 12.9. The van der Waals surface area contributed by atoms with Crippen molar-refractivity contribution < 1.29 is 14.3 Å². The molecular weight excluding hydrogens is 494 g/mol. The van der Waals surface area contributed by atoms with Crippen molar-refractivity contribution in [3.05, 3.63) is 88.4 Å². The maximum absolute atomic E-state index is 12.7. The molecule has 1 aliphatic heterocycles. The van der Waals surface area contributed by atoms with E-state index in [-0.39, 0.29) is 5.91 Å². The quantitative estimate of drug-likeness (QED) is 0.279. The molecule has 1 amide bonds. The highest BCUT2D eigenvalue weighted by Crippen LogP contribution is 2.36.